The first kappa shape index (κ1) is 16.6. The lowest BCUT2D eigenvalue weighted by Crippen LogP contribution is -2.51. The number of carboxylic acids is 1. The maximum Gasteiger partial charge on any atom is 0.325 e. The highest BCUT2D eigenvalue weighted by molar-refractivity contribution is 7.88. The molecule has 1 aromatic rings. The van der Waals surface area contributed by atoms with Crippen LogP contribution in [-0.2, 0) is 14.8 Å². The molecule has 0 aromatic heterocycles. The van der Waals surface area contributed by atoms with Gasteiger partial charge in [-0.3, -0.25) is 10.1 Å². The van der Waals surface area contributed by atoms with E-state index in [1.54, 1.807) is 44.2 Å². The second kappa shape index (κ2) is 6.34. The van der Waals surface area contributed by atoms with Crippen molar-refractivity contribution in [2.24, 2.45) is 0 Å². The molecule has 20 heavy (non-hydrogen) atoms. The Kier molecular flexibility index (Phi) is 5.27. The molecular formula is C13H20N2O4S. The van der Waals surface area contributed by atoms with Gasteiger partial charge in [-0.05, 0) is 19.4 Å². The third-order valence-electron chi connectivity index (χ3n) is 2.59. The molecule has 1 unspecified atom stereocenters. The summed E-state index contributed by atoms with van der Waals surface area (Å²) in [5.41, 5.74) is -0.161. The topological polar surface area (TPSA) is 95.5 Å². The van der Waals surface area contributed by atoms with Gasteiger partial charge in [-0.25, -0.2) is 13.1 Å². The molecule has 0 spiro atoms. The van der Waals surface area contributed by atoms with Crippen LogP contribution in [0.15, 0.2) is 30.3 Å². The van der Waals surface area contributed by atoms with E-state index in [-0.39, 0.29) is 6.54 Å². The molecule has 0 saturated carbocycles. The van der Waals surface area contributed by atoms with E-state index in [9.17, 15) is 18.3 Å². The molecule has 3 N–H and O–H groups in total. The Bertz CT molecular complexity index is 555. The summed E-state index contributed by atoms with van der Waals surface area (Å²) < 4.78 is 24.9. The van der Waals surface area contributed by atoms with Crippen LogP contribution in [0.2, 0.25) is 0 Å². The second-order valence-electron chi connectivity index (χ2n) is 5.32. The quantitative estimate of drug-likeness (QED) is 0.690. The number of carboxylic acid groups (broad SMARTS) is 1. The SMILES string of the molecule is CC(C)(CNC(C(=O)O)c1ccccc1)NS(C)(=O)=O. The predicted molar refractivity (Wildman–Crippen MR) is 76.9 cm³/mol. The van der Waals surface area contributed by atoms with Gasteiger partial charge in [0, 0.05) is 12.1 Å². The van der Waals surface area contributed by atoms with Gasteiger partial charge in [-0.1, -0.05) is 30.3 Å². The van der Waals surface area contributed by atoms with Gasteiger partial charge >= 0.3 is 5.97 Å². The third kappa shape index (κ3) is 5.68. The largest absolute Gasteiger partial charge is 0.480 e. The van der Waals surface area contributed by atoms with E-state index >= 15 is 0 Å². The number of hydrogen-bond acceptors (Lipinski definition) is 4. The van der Waals surface area contributed by atoms with Crippen molar-refractivity contribution in [2.45, 2.75) is 25.4 Å². The van der Waals surface area contributed by atoms with Crippen molar-refractivity contribution in [2.75, 3.05) is 12.8 Å². The maximum atomic E-state index is 11.3. The molecule has 6 nitrogen and oxygen atoms in total. The molecule has 0 aliphatic heterocycles. The Morgan fingerprint density at radius 3 is 2.30 bits per heavy atom. The minimum Gasteiger partial charge on any atom is -0.480 e. The molecule has 1 atom stereocenters. The van der Waals surface area contributed by atoms with Crippen LogP contribution in [0.3, 0.4) is 0 Å². The summed E-state index contributed by atoms with van der Waals surface area (Å²) in [6.07, 6.45) is 1.07. The van der Waals surface area contributed by atoms with Crippen LogP contribution in [0.1, 0.15) is 25.5 Å². The first-order chi connectivity index (χ1) is 9.11. The smallest absolute Gasteiger partial charge is 0.325 e. The van der Waals surface area contributed by atoms with Gasteiger partial charge in [0.25, 0.3) is 0 Å². The maximum absolute atomic E-state index is 11.3. The van der Waals surface area contributed by atoms with Crippen LogP contribution in [0.5, 0.6) is 0 Å². The molecule has 0 radical (unpaired) electrons. The average Bonchev–Trinajstić information content (AvgIpc) is 2.26. The fourth-order valence-electron chi connectivity index (χ4n) is 1.89. The number of sulfonamides is 1. The summed E-state index contributed by atoms with van der Waals surface area (Å²) in [6.45, 7) is 3.56. The van der Waals surface area contributed by atoms with E-state index in [1.807, 2.05) is 0 Å². The normalized spacial score (nSPS) is 13.9. The van der Waals surface area contributed by atoms with Crippen molar-refractivity contribution in [3.05, 3.63) is 35.9 Å². The Labute approximate surface area is 119 Å². The average molecular weight is 300 g/mol. The lowest BCUT2D eigenvalue weighted by Gasteiger charge is -2.27. The second-order valence-corrected chi connectivity index (χ2v) is 7.07. The van der Waals surface area contributed by atoms with Crippen molar-refractivity contribution in [1.82, 2.24) is 10.0 Å². The summed E-state index contributed by atoms with van der Waals surface area (Å²) in [7, 11) is -3.35. The molecule has 0 amide bonds. The van der Waals surface area contributed by atoms with Gasteiger partial charge in [-0.15, -0.1) is 0 Å². The van der Waals surface area contributed by atoms with E-state index in [2.05, 4.69) is 10.0 Å². The van der Waals surface area contributed by atoms with Crippen LogP contribution in [0, 0.1) is 0 Å². The van der Waals surface area contributed by atoms with Crippen LogP contribution >= 0.6 is 0 Å². The van der Waals surface area contributed by atoms with Crippen molar-refractivity contribution in [3.63, 3.8) is 0 Å². The highest BCUT2D eigenvalue weighted by Gasteiger charge is 2.26. The molecule has 1 rings (SSSR count). The molecule has 0 aliphatic carbocycles. The van der Waals surface area contributed by atoms with Crippen molar-refractivity contribution < 1.29 is 18.3 Å². The van der Waals surface area contributed by atoms with Gasteiger partial charge in [-0.2, -0.15) is 0 Å². The van der Waals surface area contributed by atoms with E-state index in [0.29, 0.717) is 5.56 Å². The number of hydrogen-bond donors (Lipinski definition) is 3. The zero-order valence-corrected chi connectivity index (χ0v) is 12.6. The summed E-state index contributed by atoms with van der Waals surface area (Å²) in [5.74, 6) is -1.01. The number of benzene rings is 1. The van der Waals surface area contributed by atoms with Crippen LogP contribution < -0.4 is 10.0 Å². The molecule has 7 heteroatoms. The van der Waals surface area contributed by atoms with Crippen LogP contribution in [0.4, 0.5) is 0 Å². The minimum absolute atomic E-state index is 0.186. The van der Waals surface area contributed by atoms with Crippen molar-refractivity contribution >= 4 is 16.0 Å². The summed E-state index contributed by atoms with van der Waals surface area (Å²) in [6, 6.07) is 7.86. The minimum atomic E-state index is -3.35. The molecule has 1 aromatic carbocycles. The van der Waals surface area contributed by atoms with E-state index in [4.69, 9.17) is 0 Å². The van der Waals surface area contributed by atoms with Gasteiger partial charge in [0.05, 0.1) is 6.26 Å². The van der Waals surface area contributed by atoms with Crippen molar-refractivity contribution in [1.29, 1.82) is 0 Å². The zero-order chi connectivity index (χ0) is 15.4. The van der Waals surface area contributed by atoms with E-state index < -0.39 is 27.6 Å². The number of rotatable bonds is 7. The molecule has 0 heterocycles. The Morgan fingerprint density at radius 2 is 1.85 bits per heavy atom. The van der Waals surface area contributed by atoms with Crippen LogP contribution in [-0.4, -0.2) is 37.8 Å². The summed E-state index contributed by atoms with van der Waals surface area (Å²) in [4.78, 5) is 11.3. The molecule has 0 aliphatic rings. The predicted octanol–water partition coefficient (Wildman–Crippen LogP) is 0.730. The fraction of sp³-hybridized carbons (Fsp3) is 0.462. The Balaban J connectivity index is 2.76. The lowest BCUT2D eigenvalue weighted by atomic mass is 10.0. The number of nitrogens with one attached hydrogen (secondary N) is 2. The van der Waals surface area contributed by atoms with E-state index in [0.717, 1.165) is 6.26 Å². The fourth-order valence-corrected chi connectivity index (χ4v) is 2.96. The monoisotopic (exact) mass is 300 g/mol. The zero-order valence-electron chi connectivity index (χ0n) is 11.8. The molecule has 0 saturated heterocycles. The number of aliphatic carboxylic acids is 1. The van der Waals surface area contributed by atoms with E-state index in [1.165, 1.54) is 0 Å². The summed E-state index contributed by atoms with van der Waals surface area (Å²) in [5, 5.41) is 12.1. The van der Waals surface area contributed by atoms with Gasteiger partial charge in [0.1, 0.15) is 6.04 Å². The first-order valence-electron chi connectivity index (χ1n) is 6.11. The van der Waals surface area contributed by atoms with Gasteiger partial charge in [0.2, 0.25) is 10.0 Å². The molecule has 0 fully saturated rings. The third-order valence-corrected chi connectivity index (χ3v) is 3.51. The van der Waals surface area contributed by atoms with Gasteiger partial charge < -0.3 is 5.11 Å². The molecular weight excluding hydrogens is 280 g/mol. The van der Waals surface area contributed by atoms with Crippen LogP contribution in [0.25, 0.3) is 0 Å². The molecule has 0 bridgehead atoms. The van der Waals surface area contributed by atoms with Gasteiger partial charge in [0.15, 0.2) is 0 Å². The Morgan fingerprint density at radius 1 is 1.30 bits per heavy atom. The highest BCUT2D eigenvalue weighted by Crippen LogP contribution is 2.14. The molecule has 112 valence electrons. The van der Waals surface area contributed by atoms with Crippen molar-refractivity contribution in [3.8, 4) is 0 Å². The standard InChI is InChI=1S/C13H20N2O4S/c1-13(2,15-20(3,18)19)9-14-11(12(16)17)10-7-5-4-6-8-10/h4-8,11,14-15H,9H2,1-3H3,(H,16,17). The lowest BCUT2D eigenvalue weighted by molar-refractivity contribution is -0.139. The summed E-state index contributed by atoms with van der Waals surface area (Å²) >= 11 is 0. The first-order valence-corrected chi connectivity index (χ1v) is 8.00. The number of carbonyl (C=O) groups is 1. The highest BCUT2D eigenvalue weighted by atomic mass is 32.2. The Hall–Kier alpha value is -1.44.